The fourth-order valence-corrected chi connectivity index (χ4v) is 3.43. The van der Waals surface area contributed by atoms with Gasteiger partial charge in [-0.05, 0) is 29.0 Å². The van der Waals surface area contributed by atoms with Crippen molar-refractivity contribution >= 4 is 34.0 Å². The zero-order valence-corrected chi connectivity index (χ0v) is 13.3. The number of carbonyl (C=O) groups excluding carboxylic acids is 1. The summed E-state index contributed by atoms with van der Waals surface area (Å²) in [6.45, 7) is 1.53. The number of amides is 1. The van der Waals surface area contributed by atoms with E-state index in [-0.39, 0.29) is 11.9 Å². The Morgan fingerprint density at radius 1 is 1.26 bits per heavy atom. The molecule has 1 aliphatic rings. The van der Waals surface area contributed by atoms with Crippen molar-refractivity contribution in [3.63, 3.8) is 0 Å². The van der Waals surface area contributed by atoms with Crippen LogP contribution in [0.2, 0.25) is 0 Å². The van der Waals surface area contributed by atoms with Crippen LogP contribution in [0.15, 0.2) is 52.4 Å². The molecule has 0 aliphatic carbocycles. The monoisotopic (exact) mass is 322 g/mol. The summed E-state index contributed by atoms with van der Waals surface area (Å²) >= 11 is 1.62. The third kappa shape index (κ3) is 2.51. The highest BCUT2D eigenvalue weighted by molar-refractivity contribution is 7.08. The van der Waals surface area contributed by atoms with E-state index >= 15 is 0 Å². The molecule has 0 fully saturated rings. The highest BCUT2D eigenvalue weighted by atomic mass is 32.1. The number of carbonyl (C=O) groups is 1. The van der Waals surface area contributed by atoms with Gasteiger partial charge >= 0.3 is 0 Å². The van der Waals surface area contributed by atoms with E-state index in [2.05, 4.69) is 15.1 Å². The van der Waals surface area contributed by atoms with E-state index in [4.69, 9.17) is 0 Å². The van der Waals surface area contributed by atoms with Crippen molar-refractivity contribution < 1.29 is 4.79 Å². The van der Waals surface area contributed by atoms with Crippen molar-refractivity contribution in [1.82, 2.24) is 15.0 Å². The second-order valence-electron chi connectivity index (χ2n) is 5.43. The molecule has 1 amide bonds. The first kappa shape index (κ1) is 14.0. The molecule has 23 heavy (non-hydrogen) atoms. The third-order valence-electron chi connectivity index (χ3n) is 3.90. The van der Waals surface area contributed by atoms with Gasteiger partial charge in [0, 0.05) is 18.9 Å². The topological polar surface area (TPSA) is 58.5 Å². The van der Waals surface area contributed by atoms with Gasteiger partial charge in [0.2, 0.25) is 5.91 Å². The molecule has 3 aromatic rings. The molecule has 114 valence electrons. The van der Waals surface area contributed by atoms with Gasteiger partial charge in [0.15, 0.2) is 0 Å². The third-order valence-corrected chi connectivity index (χ3v) is 4.58. The number of benzene rings is 1. The molecule has 6 heteroatoms. The summed E-state index contributed by atoms with van der Waals surface area (Å²) in [7, 11) is 0. The Kier molecular flexibility index (Phi) is 3.38. The SMILES string of the molecule is CC(=O)N1N=C(c2ccsc2)CC1c1cnc2ccccc2n1. The number of thiophene rings is 1. The Labute approximate surface area is 137 Å². The lowest BCUT2D eigenvalue weighted by Gasteiger charge is -2.19. The first-order valence-electron chi connectivity index (χ1n) is 7.34. The van der Waals surface area contributed by atoms with Crippen LogP contribution in [0, 0.1) is 0 Å². The lowest BCUT2D eigenvalue weighted by Crippen LogP contribution is -2.25. The van der Waals surface area contributed by atoms with Gasteiger partial charge in [0.25, 0.3) is 0 Å². The van der Waals surface area contributed by atoms with Crippen molar-refractivity contribution in [3.05, 3.63) is 58.5 Å². The van der Waals surface area contributed by atoms with Gasteiger partial charge in [-0.3, -0.25) is 9.78 Å². The number of para-hydroxylation sites is 2. The van der Waals surface area contributed by atoms with Gasteiger partial charge < -0.3 is 0 Å². The van der Waals surface area contributed by atoms with E-state index < -0.39 is 0 Å². The molecule has 0 radical (unpaired) electrons. The zero-order valence-electron chi connectivity index (χ0n) is 12.5. The zero-order chi connectivity index (χ0) is 15.8. The molecule has 1 unspecified atom stereocenters. The first-order chi connectivity index (χ1) is 11.2. The van der Waals surface area contributed by atoms with Crippen molar-refractivity contribution in [1.29, 1.82) is 0 Å². The summed E-state index contributed by atoms with van der Waals surface area (Å²) in [5, 5.41) is 10.1. The average Bonchev–Trinajstić information content (AvgIpc) is 3.23. The number of fused-ring (bicyclic) bond motifs is 1. The fraction of sp³-hybridized carbons (Fsp3) is 0.176. The Hall–Kier alpha value is -2.60. The summed E-state index contributed by atoms with van der Waals surface area (Å²) in [6.07, 6.45) is 2.40. The molecule has 0 spiro atoms. The van der Waals surface area contributed by atoms with E-state index in [0.717, 1.165) is 28.0 Å². The molecule has 2 aromatic heterocycles. The van der Waals surface area contributed by atoms with Gasteiger partial charge in [-0.2, -0.15) is 16.4 Å². The minimum Gasteiger partial charge on any atom is -0.273 e. The fourth-order valence-electron chi connectivity index (χ4n) is 2.77. The van der Waals surface area contributed by atoms with Crippen LogP contribution in [-0.2, 0) is 4.79 Å². The smallest absolute Gasteiger partial charge is 0.240 e. The predicted molar refractivity (Wildman–Crippen MR) is 90.3 cm³/mol. The molecule has 3 heterocycles. The first-order valence-corrected chi connectivity index (χ1v) is 8.28. The number of hydrogen-bond acceptors (Lipinski definition) is 5. The van der Waals surface area contributed by atoms with E-state index in [9.17, 15) is 4.79 Å². The summed E-state index contributed by atoms with van der Waals surface area (Å²) in [5.74, 6) is -0.0878. The van der Waals surface area contributed by atoms with Gasteiger partial charge in [-0.25, -0.2) is 9.99 Å². The molecule has 0 N–H and O–H groups in total. The number of aromatic nitrogens is 2. The summed E-state index contributed by atoms with van der Waals surface area (Å²) < 4.78 is 0. The van der Waals surface area contributed by atoms with Gasteiger partial charge in [-0.15, -0.1) is 0 Å². The minimum absolute atomic E-state index is 0.0878. The molecule has 5 nitrogen and oxygen atoms in total. The highest BCUT2D eigenvalue weighted by Crippen LogP contribution is 2.32. The second kappa shape index (κ2) is 5.55. The normalized spacial score (nSPS) is 17.5. The van der Waals surface area contributed by atoms with E-state index in [1.165, 1.54) is 11.9 Å². The Morgan fingerprint density at radius 2 is 2.09 bits per heavy atom. The minimum atomic E-state index is -0.195. The van der Waals surface area contributed by atoms with Crippen molar-refractivity contribution in [2.45, 2.75) is 19.4 Å². The van der Waals surface area contributed by atoms with Gasteiger partial charge in [0.05, 0.1) is 28.6 Å². The van der Waals surface area contributed by atoms with Crippen molar-refractivity contribution in [2.75, 3.05) is 0 Å². The van der Waals surface area contributed by atoms with Gasteiger partial charge in [0.1, 0.15) is 6.04 Å². The van der Waals surface area contributed by atoms with E-state index in [1.807, 2.05) is 41.1 Å². The van der Waals surface area contributed by atoms with E-state index in [1.54, 1.807) is 17.5 Å². The molecular formula is C17H14N4OS. The molecule has 1 atom stereocenters. The van der Waals surface area contributed by atoms with Crippen molar-refractivity contribution in [3.8, 4) is 0 Å². The molecule has 0 saturated carbocycles. The maximum atomic E-state index is 12.0. The molecule has 0 saturated heterocycles. The molecular weight excluding hydrogens is 308 g/mol. The van der Waals surface area contributed by atoms with Crippen LogP contribution >= 0.6 is 11.3 Å². The van der Waals surface area contributed by atoms with Crippen LogP contribution in [0.3, 0.4) is 0 Å². The summed E-state index contributed by atoms with van der Waals surface area (Å²) in [6, 6.07) is 9.56. The van der Waals surface area contributed by atoms with E-state index in [0.29, 0.717) is 6.42 Å². The number of hydrogen-bond donors (Lipinski definition) is 0. The lowest BCUT2D eigenvalue weighted by atomic mass is 10.0. The van der Waals surface area contributed by atoms with Crippen LogP contribution in [0.5, 0.6) is 0 Å². The van der Waals surface area contributed by atoms with Crippen LogP contribution < -0.4 is 0 Å². The van der Waals surface area contributed by atoms with Crippen LogP contribution in [0.25, 0.3) is 11.0 Å². The predicted octanol–water partition coefficient (Wildman–Crippen LogP) is 3.39. The van der Waals surface area contributed by atoms with Gasteiger partial charge in [-0.1, -0.05) is 12.1 Å². The second-order valence-corrected chi connectivity index (χ2v) is 6.21. The Bertz CT molecular complexity index is 904. The van der Waals surface area contributed by atoms with Crippen LogP contribution in [-0.4, -0.2) is 26.6 Å². The largest absolute Gasteiger partial charge is 0.273 e. The number of hydrazone groups is 1. The maximum Gasteiger partial charge on any atom is 0.240 e. The molecule has 4 rings (SSSR count). The Morgan fingerprint density at radius 3 is 2.83 bits per heavy atom. The summed E-state index contributed by atoms with van der Waals surface area (Å²) in [5.41, 5.74) is 4.44. The van der Waals surface area contributed by atoms with Crippen molar-refractivity contribution in [2.24, 2.45) is 5.10 Å². The van der Waals surface area contributed by atoms with Crippen LogP contribution in [0.1, 0.15) is 30.6 Å². The van der Waals surface area contributed by atoms with Crippen LogP contribution in [0.4, 0.5) is 0 Å². The highest BCUT2D eigenvalue weighted by Gasteiger charge is 2.32. The molecule has 1 aliphatic heterocycles. The maximum absolute atomic E-state index is 12.0. The molecule has 0 bridgehead atoms. The lowest BCUT2D eigenvalue weighted by molar-refractivity contribution is -0.130. The summed E-state index contributed by atoms with van der Waals surface area (Å²) in [4.78, 5) is 21.1. The standard InChI is InChI=1S/C17H14N4OS/c1-11(22)21-17(8-15(20-21)12-6-7-23-10-12)16-9-18-13-4-2-3-5-14(13)19-16/h2-7,9-10,17H,8H2,1H3. The molecule has 1 aromatic carbocycles. The number of rotatable bonds is 2. The Balaban J connectivity index is 1.73. The average molecular weight is 322 g/mol. The quantitative estimate of drug-likeness (QED) is 0.726. The number of nitrogens with zero attached hydrogens (tertiary/aromatic N) is 4.